The van der Waals surface area contributed by atoms with Crippen molar-refractivity contribution in [3.05, 3.63) is 0 Å². The first-order chi connectivity index (χ1) is 9.64. The van der Waals surface area contributed by atoms with E-state index < -0.39 is 11.8 Å². The number of piperidine rings is 1. The zero-order valence-electron chi connectivity index (χ0n) is 11.4. The molecule has 0 bridgehead atoms. The van der Waals surface area contributed by atoms with Crippen LogP contribution in [0.2, 0.25) is 0 Å². The number of hydrogen-bond acceptors (Lipinski definition) is 4. The molecule has 2 rings (SSSR count). The molecule has 3 unspecified atom stereocenters. The number of hydrogen-bond donors (Lipinski definition) is 1. The van der Waals surface area contributed by atoms with Crippen LogP contribution in [0.4, 0.5) is 4.39 Å². The van der Waals surface area contributed by atoms with Crippen molar-refractivity contribution in [3.8, 4) is 11.8 Å². The second kappa shape index (κ2) is 7.02. The Labute approximate surface area is 118 Å². The molecule has 6 heteroatoms. The van der Waals surface area contributed by atoms with Crippen molar-refractivity contribution in [3.63, 3.8) is 0 Å². The van der Waals surface area contributed by atoms with E-state index in [0.29, 0.717) is 19.6 Å². The number of rotatable bonds is 3. The molecule has 112 valence electrons. The quantitative estimate of drug-likeness (QED) is 0.605. The number of aliphatic hydroxyl groups is 1. The first kappa shape index (κ1) is 15.2. The lowest BCUT2D eigenvalue weighted by Crippen LogP contribution is -2.52. The van der Waals surface area contributed by atoms with E-state index in [1.807, 2.05) is 0 Å². The largest absolute Gasteiger partial charge is 0.374 e. The lowest BCUT2D eigenvalue weighted by molar-refractivity contribution is -0.154. The van der Waals surface area contributed by atoms with Crippen molar-refractivity contribution < 1.29 is 23.8 Å². The Morgan fingerprint density at radius 1 is 1.55 bits per heavy atom. The van der Waals surface area contributed by atoms with Crippen molar-refractivity contribution in [1.29, 1.82) is 0 Å². The summed E-state index contributed by atoms with van der Waals surface area (Å²) in [5.74, 6) is 5.20. The highest BCUT2D eigenvalue weighted by molar-refractivity contribution is 5.47. The summed E-state index contributed by atoms with van der Waals surface area (Å²) >= 11 is 0. The number of ether oxygens (including phenoxy) is 2. The van der Waals surface area contributed by atoms with Crippen LogP contribution >= 0.6 is 0 Å². The van der Waals surface area contributed by atoms with Gasteiger partial charge in [0.2, 0.25) is 6.41 Å². The molecule has 0 aromatic heterocycles. The van der Waals surface area contributed by atoms with Crippen LogP contribution in [-0.2, 0) is 14.3 Å². The van der Waals surface area contributed by atoms with Gasteiger partial charge in [-0.05, 0) is 19.3 Å². The first-order valence-electron chi connectivity index (χ1n) is 6.93. The van der Waals surface area contributed by atoms with Gasteiger partial charge in [-0.1, -0.05) is 11.8 Å². The highest BCUT2D eigenvalue weighted by Crippen LogP contribution is 2.24. The fraction of sp³-hybridized carbons (Fsp3) is 0.786. The van der Waals surface area contributed by atoms with E-state index in [0.717, 1.165) is 19.3 Å². The van der Waals surface area contributed by atoms with E-state index in [-0.39, 0.29) is 25.9 Å². The van der Waals surface area contributed by atoms with Gasteiger partial charge in [-0.3, -0.25) is 4.79 Å². The van der Waals surface area contributed by atoms with Gasteiger partial charge in [-0.2, -0.15) is 0 Å². The van der Waals surface area contributed by atoms with Crippen molar-refractivity contribution in [2.75, 3.05) is 26.3 Å². The number of nitrogens with zero attached hydrogens (tertiary/aromatic N) is 1. The molecule has 0 aromatic rings. The topological polar surface area (TPSA) is 59.0 Å². The monoisotopic (exact) mass is 285 g/mol. The molecule has 0 aromatic carbocycles. The van der Waals surface area contributed by atoms with Gasteiger partial charge >= 0.3 is 0 Å². The maximum Gasteiger partial charge on any atom is 0.209 e. The van der Waals surface area contributed by atoms with Crippen LogP contribution in [0.5, 0.6) is 0 Å². The number of amides is 1. The van der Waals surface area contributed by atoms with E-state index in [9.17, 15) is 14.3 Å². The lowest BCUT2D eigenvalue weighted by atomic mass is 9.90. The molecule has 0 aliphatic carbocycles. The van der Waals surface area contributed by atoms with Gasteiger partial charge in [0.25, 0.3) is 0 Å². The molecule has 0 saturated carbocycles. The minimum Gasteiger partial charge on any atom is -0.374 e. The van der Waals surface area contributed by atoms with Gasteiger partial charge in [0.1, 0.15) is 6.61 Å². The molecule has 5 nitrogen and oxygen atoms in total. The van der Waals surface area contributed by atoms with E-state index >= 15 is 0 Å². The maximum atomic E-state index is 13.8. The standard InChI is InChI=1S/C14H20FNO4/c15-12-10-16(11-17)7-6-14(12,18)5-3-9-20-13-4-1-2-8-19-13/h11-13,18H,1-2,4,6-10H2. The van der Waals surface area contributed by atoms with Gasteiger partial charge in [-0.15, -0.1) is 0 Å². The summed E-state index contributed by atoms with van der Waals surface area (Å²) in [6.07, 6.45) is 1.85. The molecular formula is C14H20FNO4. The Hall–Kier alpha value is -1.16. The van der Waals surface area contributed by atoms with Crippen LogP contribution in [0.3, 0.4) is 0 Å². The molecule has 0 radical (unpaired) electrons. The molecule has 2 fully saturated rings. The van der Waals surface area contributed by atoms with Gasteiger partial charge in [-0.25, -0.2) is 4.39 Å². The third-order valence-electron chi connectivity index (χ3n) is 3.63. The van der Waals surface area contributed by atoms with Crippen molar-refractivity contribution in [2.45, 2.75) is 43.7 Å². The highest BCUT2D eigenvalue weighted by Gasteiger charge is 2.40. The van der Waals surface area contributed by atoms with Crippen LogP contribution < -0.4 is 0 Å². The summed E-state index contributed by atoms with van der Waals surface area (Å²) in [6.45, 7) is 0.982. The normalized spacial score (nSPS) is 34.2. The SMILES string of the molecule is O=CN1CCC(O)(C#CCOC2CCCCO2)C(F)C1. The number of alkyl halides is 1. The molecule has 2 aliphatic heterocycles. The predicted molar refractivity (Wildman–Crippen MR) is 69.4 cm³/mol. The van der Waals surface area contributed by atoms with Crippen LogP contribution in [0.1, 0.15) is 25.7 Å². The van der Waals surface area contributed by atoms with E-state index in [4.69, 9.17) is 9.47 Å². The van der Waals surface area contributed by atoms with Gasteiger partial charge in [0.05, 0.1) is 6.54 Å². The maximum absolute atomic E-state index is 13.8. The number of carbonyl (C=O) groups excluding carboxylic acids is 1. The van der Waals surface area contributed by atoms with Gasteiger partial charge in [0, 0.05) is 19.6 Å². The molecule has 3 atom stereocenters. The summed E-state index contributed by atoms with van der Waals surface area (Å²) in [4.78, 5) is 11.9. The number of carbonyl (C=O) groups is 1. The fourth-order valence-corrected chi connectivity index (χ4v) is 2.32. The molecule has 1 N–H and O–H groups in total. The molecule has 2 saturated heterocycles. The van der Waals surface area contributed by atoms with Crippen LogP contribution in [0.25, 0.3) is 0 Å². The second-order valence-corrected chi connectivity index (χ2v) is 5.15. The molecule has 1 amide bonds. The molecule has 2 aliphatic rings. The molecule has 0 spiro atoms. The minimum absolute atomic E-state index is 0.108. The molecule has 2 heterocycles. The summed E-state index contributed by atoms with van der Waals surface area (Å²) in [5, 5.41) is 10.1. The number of likely N-dealkylation sites (tertiary alicyclic amines) is 1. The Bertz CT molecular complexity index is 388. The summed E-state index contributed by atoms with van der Waals surface area (Å²) in [5.41, 5.74) is -1.68. The average molecular weight is 285 g/mol. The van der Waals surface area contributed by atoms with E-state index in [2.05, 4.69) is 11.8 Å². The lowest BCUT2D eigenvalue weighted by Gasteiger charge is -2.35. The zero-order chi connectivity index (χ0) is 14.4. The van der Waals surface area contributed by atoms with Crippen LogP contribution in [0, 0.1) is 11.8 Å². The fourth-order valence-electron chi connectivity index (χ4n) is 2.32. The highest BCUT2D eigenvalue weighted by atomic mass is 19.1. The Balaban J connectivity index is 1.79. The predicted octanol–water partition coefficient (Wildman–Crippen LogP) is 0.464. The third kappa shape index (κ3) is 3.92. The third-order valence-corrected chi connectivity index (χ3v) is 3.63. The Morgan fingerprint density at radius 3 is 3.05 bits per heavy atom. The van der Waals surface area contributed by atoms with Crippen molar-refractivity contribution >= 4 is 6.41 Å². The molecular weight excluding hydrogens is 265 g/mol. The smallest absolute Gasteiger partial charge is 0.209 e. The van der Waals surface area contributed by atoms with Crippen molar-refractivity contribution in [1.82, 2.24) is 4.90 Å². The zero-order valence-corrected chi connectivity index (χ0v) is 11.4. The Morgan fingerprint density at radius 2 is 2.40 bits per heavy atom. The summed E-state index contributed by atoms with van der Waals surface area (Å²) in [6, 6.07) is 0. The van der Waals surface area contributed by atoms with Gasteiger partial charge < -0.3 is 19.5 Å². The van der Waals surface area contributed by atoms with Gasteiger partial charge in [0.15, 0.2) is 18.1 Å². The summed E-state index contributed by atoms with van der Waals surface area (Å²) in [7, 11) is 0. The van der Waals surface area contributed by atoms with Crippen LogP contribution in [-0.4, -0.2) is 60.8 Å². The van der Waals surface area contributed by atoms with E-state index in [1.54, 1.807) is 0 Å². The molecule has 20 heavy (non-hydrogen) atoms. The number of halogens is 1. The summed E-state index contributed by atoms with van der Waals surface area (Å²) < 4.78 is 24.6. The minimum atomic E-state index is -1.68. The Kier molecular flexibility index (Phi) is 5.35. The average Bonchev–Trinajstić information content (AvgIpc) is 2.48. The van der Waals surface area contributed by atoms with E-state index in [1.165, 1.54) is 4.90 Å². The second-order valence-electron chi connectivity index (χ2n) is 5.15. The van der Waals surface area contributed by atoms with Crippen molar-refractivity contribution in [2.24, 2.45) is 0 Å². The first-order valence-corrected chi connectivity index (χ1v) is 6.93. The van der Waals surface area contributed by atoms with Crippen LogP contribution in [0.15, 0.2) is 0 Å².